The SMILES string of the molecule is CCCNS(=O)(=O)c1cc(CNC)ccc1CC. The highest BCUT2D eigenvalue weighted by Crippen LogP contribution is 2.18. The highest BCUT2D eigenvalue weighted by atomic mass is 32.2. The predicted molar refractivity (Wildman–Crippen MR) is 74.1 cm³/mol. The molecule has 0 bridgehead atoms. The molecule has 2 N–H and O–H groups in total. The molecule has 0 heterocycles. The van der Waals surface area contributed by atoms with Gasteiger partial charge in [0.25, 0.3) is 0 Å². The van der Waals surface area contributed by atoms with Gasteiger partial charge in [-0.3, -0.25) is 0 Å². The normalized spacial score (nSPS) is 11.7. The molecule has 0 spiro atoms. The van der Waals surface area contributed by atoms with Crippen LogP contribution in [0.1, 0.15) is 31.4 Å². The fraction of sp³-hybridized carbons (Fsp3) is 0.538. The Morgan fingerprint density at radius 3 is 2.50 bits per heavy atom. The molecule has 0 aromatic heterocycles. The molecule has 0 amide bonds. The van der Waals surface area contributed by atoms with Gasteiger partial charge in [0, 0.05) is 13.1 Å². The van der Waals surface area contributed by atoms with E-state index in [9.17, 15) is 8.42 Å². The monoisotopic (exact) mass is 270 g/mol. The number of hydrogen-bond donors (Lipinski definition) is 2. The minimum atomic E-state index is -3.38. The maximum Gasteiger partial charge on any atom is 0.240 e. The van der Waals surface area contributed by atoms with Crippen molar-refractivity contribution in [2.24, 2.45) is 0 Å². The van der Waals surface area contributed by atoms with E-state index in [1.165, 1.54) is 0 Å². The topological polar surface area (TPSA) is 58.2 Å². The lowest BCUT2D eigenvalue weighted by atomic mass is 10.1. The van der Waals surface area contributed by atoms with Gasteiger partial charge in [-0.2, -0.15) is 0 Å². The number of aryl methyl sites for hydroxylation is 1. The lowest BCUT2D eigenvalue weighted by Gasteiger charge is -2.12. The molecule has 0 aliphatic carbocycles. The standard InChI is InChI=1S/C13H22N2O2S/c1-4-8-15-18(16,17)13-9-11(10-14-3)6-7-12(13)5-2/h6-7,9,14-15H,4-5,8,10H2,1-3H3. The summed E-state index contributed by atoms with van der Waals surface area (Å²) in [7, 11) is -1.54. The van der Waals surface area contributed by atoms with E-state index < -0.39 is 10.0 Å². The second-order valence-electron chi connectivity index (χ2n) is 4.22. The number of hydrogen-bond acceptors (Lipinski definition) is 3. The highest BCUT2D eigenvalue weighted by Gasteiger charge is 2.17. The van der Waals surface area contributed by atoms with E-state index in [1.807, 2.05) is 33.0 Å². The van der Waals surface area contributed by atoms with Gasteiger partial charge in [-0.05, 0) is 37.1 Å². The van der Waals surface area contributed by atoms with E-state index in [4.69, 9.17) is 0 Å². The first-order valence-electron chi connectivity index (χ1n) is 6.31. The molecular formula is C13H22N2O2S. The molecule has 0 fully saturated rings. The Hall–Kier alpha value is -0.910. The molecule has 0 radical (unpaired) electrons. The third kappa shape index (κ3) is 3.80. The van der Waals surface area contributed by atoms with Gasteiger partial charge in [0.15, 0.2) is 0 Å². The van der Waals surface area contributed by atoms with Crippen LogP contribution >= 0.6 is 0 Å². The van der Waals surface area contributed by atoms with Crippen molar-refractivity contribution in [2.75, 3.05) is 13.6 Å². The van der Waals surface area contributed by atoms with Crippen LogP contribution in [0.3, 0.4) is 0 Å². The van der Waals surface area contributed by atoms with Gasteiger partial charge in [0.1, 0.15) is 0 Å². The molecule has 1 aromatic rings. The summed E-state index contributed by atoms with van der Waals surface area (Å²) in [5.41, 5.74) is 1.84. The van der Waals surface area contributed by atoms with Crippen LogP contribution in [0.2, 0.25) is 0 Å². The van der Waals surface area contributed by atoms with Crippen LogP contribution in [-0.4, -0.2) is 22.0 Å². The molecule has 0 atom stereocenters. The molecule has 1 rings (SSSR count). The molecule has 18 heavy (non-hydrogen) atoms. The summed E-state index contributed by atoms with van der Waals surface area (Å²) in [6, 6.07) is 5.62. The van der Waals surface area contributed by atoms with Crippen LogP contribution in [0.15, 0.2) is 23.1 Å². The van der Waals surface area contributed by atoms with Crippen molar-refractivity contribution in [3.05, 3.63) is 29.3 Å². The second-order valence-corrected chi connectivity index (χ2v) is 5.96. The summed E-state index contributed by atoms with van der Waals surface area (Å²) in [6.07, 6.45) is 1.50. The van der Waals surface area contributed by atoms with Crippen molar-refractivity contribution in [3.63, 3.8) is 0 Å². The Kier molecular flexibility index (Phi) is 5.78. The molecule has 4 nitrogen and oxygen atoms in total. The van der Waals surface area contributed by atoms with Crippen molar-refractivity contribution >= 4 is 10.0 Å². The molecule has 0 aliphatic heterocycles. The summed E-state index contributed by atoms with van der Waals surface area (Å²) in [5.74, 6) is 0. The van der Waals surface area contributed by atoms with Crippen molar-refractivity contribution in [2.45, 2.75) is 38.1 Å². The average Bonchev–Trinajstić information content (AvgIpc) is 2.37. The number of rotatable bonds is 7. The van der Waals surface area contributed by atoms with E-state index in [-0.39, 0.29) is 0 Å². The smallest absolute Gasteiger partial charge is 0.240 e. The zero-order valence-corrected chi connectivity index (χ0v) is 12.1. The van der Waals surface area contributed by atoms with Crippen molar-refractivity contribution in [1.29, 1.82) is 0 Å². The van der Waals surface area contributed by atoms with Gasteiger partial charge in [-0.1, -0.05) is 26.0 Å². The van der Waals surface area contributed by atoms with Crippen molar-refractivity contribution < 1.29 is 8.42 Å². The van der Waals surface area contributed by atoms with Gasteiger partial charge < -0.3 is 5.32 Å². The highest BCUT2D eigenvalue weighted by molar-refractivity contribution is 7.89. The molecule has 0 aliphatic rings. The lowest BCUT2D eigenvalue weighted by Crippen LogP contribution is -2.25. The van der Waals surface area contributed by atoms with Crippen LogP contribution in [0.25, 0.3) is 0 Å². The van der Waals surface area contributed by atoms with Crippen molar-refractivity contribution in [3.8, 4) is 0 Å². The number of benzene rings is 1. The van der Waals surface area contributed by atoms with E-state index in [1.54, 1.807) is 6.07 Å². The second kappa shape index (κ2) is 6.87. The number of sulfonamides is 1. The fourth-order valence-corrected chi connectivity index (χ4v) is 3.26. The minimum Gasteiger partial charge on any atom is -0.316 e. The third-order valence-corrected chi connectivity index (χ3v) is 4.27. The van der Waals surface area contributed by atoms with Gasteiger partial charge in [0.2, 0.25) is 10.0 Å². The van der Waals surface area contributed by atoms with Crippen LogP contribution in [0.4, 0.5) is 0 Å². The summed E-state index contributed by atoms with van der Waals surface area (Å²) >= 11 is 0. The van der Waals surface area contributed by atoms with Gasteiger partial charge in [0.05, 0.1) is 4.90 Å². The zero-order chi connectivity index (χ0) is 13.6. The van der Waals surface area contributed by atoms with Crippen LogP contribution < -0.4 is 10.0 Å². The Morgan fingerprint density at radius 1 is 1.22 bits per heavy atom. The van der Waals surface area contributed by atoms with Crippen LogP contribution in [0, 0.1) is 0 Å². The third-order valence-electron chi connectivity index (χ3n) is 2.72. The Labute approximate surface area is 110 Å². The van der Waals surface area contributed by atoms with Crippen molar-refractivity contribution in [1.82, 2.24) is 10.0 Å². The summed E-state index contributed by atoms with van der Waals surface area (Å²) in [4.78, 5) is 0.409. The van der Waals surface area contributed by atoms with Gasteiger partial charge >= 0.3 is 0 Å². The maximum absolute atomic E-state index is 12.2. The first-order valence-corrected chi connectivity index (χ1v) is 7.79. The van der Waals surface area contributed by atoms with E-state index in [0.717, 1.165) is 17.5 Å². The van der Waals surface area contributed by atoms with E-state index in [2.05, 4.69) is 10.0 Å². The Morgan fingerprint density at radius 2 is 1.94 bits per heavy atom. The first-order chi connectivity index (χ1) is 8.55. The summed E-state index contributed by atoms with van der Waals surface area (Å²) in [5, 5.41) is 3.03. The molecule has 5 heteroatoms. The molecule has 0 saturated heterocycles. The fourth-order valence-electron chi connectivity index (χ4n) is 1.77. The van der Waals surface area contributed by atoms with E-state index in [0.29, 0.717) is 24.4 Å². The zero-order valence-electron chi connectivity index (χ0n) is 11.3. The quantitative estimate of drug-likeness (QED) is 0.792. The molecule has 0 unspecified atom stereocenters. The molecule has 0 saturated carbocycles. The molecule has 102 valence electrons. The largest absolute Gasteiger partial charge is 0.316 e. The Balaban J connectivity index is 3.14. The Bertz CT molecular complexity index is 484. The average molecular weight is 270 g/mol. The maximum atomic E-state index is 12.2. The summed E-state index contributed by atoms with van der Waals surface area (Å²) < 4.78 is 27.0. The van der Waals surface area contributed by atoms with Crippen LogP contribution in [-0.2, 0) is 23.0 Å². The van der Waals surface area contributed by atoms with Gasteiger partial charge in [-0.15, -0.1) is 0 Å². The number of nitrogens with one attached hydrogen (secondary N) is 2. The molecule has 1 aromatic carbocycles. The lowest BCUT2D eigenvalue weighted by molar-refractivity contribution is 0.579. The van der Waals surface area contributed by atoms with E-state index >= 15 is 0 Å². The minimum absolute atomic E-state index is 0.409. The molecular weight excluding hydrogens is 248 g/mol. The van der Waals surface area contributed by atoms with Crippen LogP contribution in [0.5, 0.6) is 0 Å². The summed E-state index contributed by atoms with van der Waals surface area (Å²) in [6.45, 7) is 5.05. The predicted octanol–water partition coefficient (Wildman–Crippen LogP) is 1.66. The first kappa shape index (κ1) is 15.1. The van der Waals surface area contributed by atoms with Gasteiger partial charge in [-0.25, -0.2) is 13.1 Å².